The summed E-state index contributed by atoms with van der Waals surface area (Å²) in [5, 5.41) is 2.94. The van der Waals surface area contributed by atoms with Gasteiger partial charge in [0, 0.05) is 5.56 Å². The highest BCUT2D eigenvalue weighted by molar-refractivity contribution is 5.88. The first-order valence-electron chi connectivity index (χ1n) is 10.3. The Morgan fingerprint density at radius 3 is 1.90 bits per heavy atom. The molecule has 0 aromatic heterocycles. The van der Waals surface area contributed by atoms with E-state index in [4.69, 9.17) is 9.47 Å². The molecule has 156 valence electrons. The van der Waals surface area contributed by atoms with Crippen molar-refractivity contribution >= 4 is 12.0 Å². The Morgan fingerprint density at radius 2 is 1.29 bits per heavy atom. The van der Waals surface area contributed by atoms with E-state index in [0.29, 0.717) is 0 Å². The molecule has 2 fully saturated rings. The Bertz CT molecular complexity index is 1060. The molecule has 2 saturated heterocycles. The van der Waals surface area contributed by atoms with E-state index in [9.17, 15) is 9.59 Å². The average Bonchev–Trinajstić information content (AvgIpc) is 3.21. The number of nitrogens with one attached hydrogen (secondary N) is 1. The van der Waals surface area contributed by atoms with Gasteiger partial charge >= 0.3 is 6.09 Å². The van der Waals surface area contributed by atoms with Crippen molar-refractivity contribution in [3.05, 3.63) is 108 Å². The maximum atomic E-state index is 13.4. The summed E-state index contributed by atoms with van der Waals surface area (Å²) in [5.41, 5.74) is 2.59. The molecular formula is C25H22N2O4. The molecule has 1 N–H and O–H groups in total. The molecule has 0 bridgehead atoms. The van der Waals surface area contributed by atoms with Crippen LogP contribution in [0.5, 0.6) is 0 Å². The smallest absolute Gasteiger partial charge is 0.411 e. The van der Waals surface area contributed by atoms with Crippen LogP contribution in [0.3, 0.4) is 0 Å². The highest BCUT2D eigenvalue weighted by atomic mass is 16.6. The molecule has 0 aliphatic carbocycles. The van der Waals surface area contributed by atoms with Crippen molar-refractivity contribution in [3.8, 4) is 0 Å². The van der Waals surface area contributed by atoms with E-state index in [1.807, 2.05) is 91.0 Å². The highest BCUT2D eigenvalue weighted by Gasteiger charge is 2.50. The zero-order valence-corrected chi connectivity index (χ0v) is 16.8. The third-order valence-electron chi connectivity index (χ3n) is 5.74. The van der Waals surface area contributed by atoms with E-state index in [0.717, 1.165) is 16.7 Å². The third kappa shape index (κ3) is 3.66. The number of ether oxygens (including phenoxy) is 2. The van der Waals surface area contributed by atoms with Crippen molar-refractivity contribution in [2.24, 2.45) is 0 Å². The van der Waals surface area contributed by atoms with E-state index in [1.165, 1.54) is 4.90 Å². The third-order valence-corrected chi connectivity index (χ3v) is 5.74. The van der Waals surface area contributed by atoms with Gasteiger partial charge in [-0.1, -0.05) is 91.0 Å². The number of cyclic esters (lactones) is 1. The maximum absolute atomic E-state index is 13.4. The molecule has 0 spiro atoms. The molecule has 3 aromatic rings. The number of hydrogen-bond donors (Lipinski definition) is 1. The second-order valence-corrected chi connectivity index (χ2v) is 7.62. The van der Waals surface area contributed by atoms with Crippen LogP contribution in [0.25, 0.3) is 0 Å². The van der Waals surface area contributed by atoms with E-state index in [1.54, 1.807) is 0 Å². The minimum Gasteiger partial charge on any atom is -0.447 e. The molecule has 2 aliphatic rings. The molecule has 4 atom stereocenters. The number of amides is 2. The zero-order chi connectivity index (χ0) is 21.2. The number of nitrogens with zero attached hydrogens (tertiary/aromatic N) is 1. The van der Waals surface area contributed by atoms with Gasteiger partial charge in [-0.15, -0.1) is 0 Å². The van der Waals surface area contributed by atoms with Crippen LogP contribution >= 0.6 is 0 Å². The first-order valence-corrected chi connectivity index (χ1v) is 10.3. The SMILES string of the molecule is O=C1N[C@H](c2ccccc2)O[C@H](c2ccccc2)[C@H]1N1C(=O)OC[C@@H]1c1ccccc1. The molecule has 6 nitrogen and oxygen atoms in total. The lowest BCUT2D eigenvalue weighted by Crippen LogP contribution is -2.57. The second-order valence-electron chi connectivity index (χ2n) is 7.62. The van der Waals surface area contributed by atoms with Crippen LogP contribution in [0.15, 0.2) is 91.0 Å². The van der Waals surface area contributed by atoms with Gasteiger partial charge in [-0.2, -0.15) is 0 Å². The molecule has 5 rings (SSSR count). The lowest BCUT2D eigenvalue weighted by molar-refractivity contribution is -0.157. The van der Waals surface area contributed by atoms with Gasteiger partial charge in [-0.25, -0.2) is 4.79 Å². The minimum atomic E-state index is -0.859. The molecule has 6 heteroatoms. The lowest BCUT2D eigenvalue weighted by atomic mass is 9.95. The highest BCUT2D eigenvalue weighted by Crippen LogP contribution is 2.40. The van der Waals surface area contributed by atoms with Crippen molar-refractivity contribution in [1.82, 2.24) is 10.2 Å². The van der Waals surface area contributed by atoms with E-state index < -0.39 is 24.5 Å². The Kier molecular flexibility index (Phi) is 5.14. The summed E-state index contributed by atoms with van der Waals surface area (Å²) < 4.78 is 11.8. The van der Waals surface area contributed by atoms with E-state index in [-0.39, 0.29) is 18.6 Å². The van der Waals surface area contributed by atoms with E-state index >= 15 is 0 Å². The van der Waals surface area contributed by atoms with Crippen LogP contribution in [0.4, 0.5) is 4.79 Å². The van der Waals surface area contributed by atoms with Crippen molar-refractivity contribution in [2.75, 3.05) is 6.61 Å². The molecule has 3 aromatic carbocycles. The molecule has 2 amide bonds. The van der Waals surface area contributed by atoms with Gasteiger partial charge in [0.15, 0.2) is 6.23 Å². The molecule has 2 aliphatic heterocycles. The lowest BCUT2D eigenvalue weighted by Gasteiger charge is -2.41. The van der Waals surface area contributed by atoms with Crippen molar-refractivity contribution < 1.29 is 19.1 Å². The van der Waals surface area contributed by atoms with Gasteiger partial charge < -0.3 is 14.8 Å². The fraction of sp³-hybridized carbons (Fsp3) is 0.200. The van der Waals surface area contributed by atoms with Gasteiger partial charge in [-0.05, 0) is 11.1 Å². The average molecular weight is 414 g/mol. The van der Waals surface area contributed by atoms with Crippen LogP contribution in [-0.2, 0) is 14.3 Å². The molecule has 31 heavy (non-hydrogen) atoms. The number of benzene rings is 3. The number of carbonyl (C=O) groups is 2. The Hall–Kier alpha value is -3.64. The first kappa shape index (κ1) is 19.3. The van der Waals surface area contributed by atoms with Gasteiger partial charge in [-0.3, -0.25) is 9.69 Å². The molecule has 0 radical (unpaired) electrons. The summed E-state index contributed by atoms with van der Waals surface area (Å²) in [5.74, 6) is -0.270. The Morgan fingerprint density at radius 1 is 0.742 bits per heavy atom. The monoisotopic (exact) mass is 414 g/mol. The topological polar surface area (TPSA) is 67.9 Å². The van der Waals surface area contributed by atoms with Crippen LogP contribution < -0.4 is 5.32 Å². The molecule has 0 saturated carbocycles. The zero-order valence-electron chi connectivity index (χ0n) is 16.8. The number of carbonyl (C=O) groups excluding carboxylic acids is 2. The Labute approximate surface area is 180 Å². The van der Waals surface area contributed by atoms with Crippen LogP contribution in [0.2, 0.25) is 0 Å². The summed E-state index contributed by atoms with van der Waals surface area (Å²) in [4.78, 5) is 27.7. The summed E-state index contributed by atoms with van der Waals surface area (Å²) in [6, 6.07) is 27.4. The minimum absolute atomic E-state index is 0.191. The van der Waals surface area contributed by atoms with Gasteiger partial charge in [0.2, 0.25) is 5.91 Å². The van der Waals surface area contributed by atoms with E-state index in [2.05, 4.69) is 5.32 Å². The van der Waals surface area contributed by atoms with Gasteiger partial charge in [0.05, 0.1) is 6.04 Å². The summed E-state index contributed by atoms with van der Waals surface area (Å²) in [6.07, 6.45) is -1.77. The van der Waals surface area contributed by atoms with Crippen molar-refractivity contribution in [3.63, 3.8) is 0 Å². The van der Waals surface area contributed by atoms with Crippen molar-refractivity contribution in [2.45, 2.75) is 24.4 Å². The Balaban J connectivity index is 1.54. The standard InChI is InChI=1S/C25H22N2O4/c28-23-21(27-20(16-30-25(27)29)17-10-4-1-5-11-17)22(18-12-6-2-7-13-18)31-24(26-23)19-14-8-3-9-15-19/h1-15,20-22,24H,16H2,(H,26,28)/t20-,21-,22-,24+/m1/s1. The first-order chi connectivity index (χ1) is 15.2. The summed E-state index contributed by atoms with van der Waals surface area (Å²) in [6.45, 7) is 0.191. The molecule has 2 heterocycles. The largest absolute Gasteiger partial charge is 0.447 e. The predicted octanol–water partition coefficient (Wildman–Crippen LogP) is 4.14. The van der Waals surface area contributed by atoms with Gasteiger partial charge in [0.25, 0.3) is 0 Å². The summed E-state index contributed by atoms with van der Waals surface area (Å²) >= 11 is 0. The van der Waals surface area contributed by atoms with Crippen LogP contribution in [0, 0.1) is 0 Å². The molecular weight excluding hydrogens is 392 g/mol. The molecule has 0 unspecified atom stereocenters. The summed E-state index contributed by atoms with van der Waals surface area (Å²) in [7, 11) is 0. The quantitative estimate of drug-likeness (QED) is 0.697. The number of rotatable bonds is 4. The van der Waals surface area contributed by atoms with Gasteiger partial charge in [0.1, 0.15) is 18.8 Å². The normalized spacial score (nSPS) is 25.7. The van der Waals surface area contributed by atoms with Crippen molar-refractivity contribution in [1.29, 1.82) is 0 Å². The van der Waals surface area contributed by atoms with Crippen LogP contribution in [0.1, 0.15) is 35.1 Å². The predicted molar refractivity (Wildman–Crippen MR) is 114 cm³/mol. The number of hydrogen-bond acceptors (Lipinski definition) is 4. The fourth-order valence-corrected chi connectivity index (χ4v) is 4.24. The second kappa shape index (κ2) is 8.24. The maximum Gasteiger partial charge on any atom is 0.411 e. The van der Waals surface area contributed by atoms with Crippen LogP contribution in [-0.4, -0.2) is 29.5 Å². The fourth-order valence-electron chi connectivity index (χ4n) is 4.24.